The third-order valence-corrected chi connectivity index (χ3v) is 5.46. The van der Waals surface area contributed by atoms with Crippen molar-refractivity contribution in [2.75, 3.05) is 30.0 Å². The number of rotatable bonds is 3. The Bertz CT molecular complexity index is 956. The Morgan fingerprint density at radius 2 is 1.84 bits per heavy atom. The van der Waals surface area contributed by atoms with Crippen LogP contribution in [0.25, 0.3) is 0 Å². The van der Waals surface area contributed by atoms with Crippen LogP contribution in [0.5, 0.6) is 0 Å². The summed E-state index contributed by atoms with van der Waals surface area (Å²) in [5.41, 5.74) is 0.0984. The molecule has 2 amide bonds. The molecule has 0 bridgehead atoms. The number of anilines is 2. The maximum atomic E-state index is 13.2. The van der Waals surface area contributed by atoms with E-state index in [0.717, 1.165) is 12.1 Å². The first-order valence-corrected chi connectivity index (χ1v) is 9.71. The summed E-state index contributed by atoms with van der Waals surface area (Å²) >= 11 is 0. The molecule has 2 aromatic rings. The van der Waals surface area contributed by atoms with Crippen LogP contribution in [0.15, 0.2) is 30.5 Å². The monoisotopic (exact) mass is 456 g/mol. The molecule has 1 fully saturated rings. The number of benzene rings is 1. The first-order chi connectivity index (χ1) is 14.3. The summed E-state index contributed by atoms with van der Waals surface area (Å²) in [6.07, 6.45) is -1.79. The van der Waals surface area contributed by atoms with Crippen LogP contribution in [0.2, 0.25) is 0 Å². The molecular formula is C20H23F3N4O3S. The molecule has 7 nitrogen and oxygen atoms in total. The zero-order chi connectivity index (χ0) is 21.5. The molecule has 1 aromatic carbocycles. The molecule has 1 N–H and O–H groups in total. The van der Waals surface area contributed by atoms with Gasteiger partial charge in [0.15, 0.2) is 5.69 Å². The molecular weight excluding hydrogens is 433 g/mol. The van der Waals surface area contributed by atoms with E-state index >= 15 is 0 Å². The molecule has 0 saturated carbocycles. The van der Waals surface area contributed by atoms with E-state index in [4.69, 9.17) is 4.74 Å². The van der Waals surface area contributed by atoms with Crippen LogP contribution in [0.4, 0.5) is 24.5 Å². The van der Waals surface area contributed by atoms with Gasteiger partial charge in [-0.15, -0.1) is 0 Å². The first kappa shape index (κ1) is 23.1. The lowest BCUT2D eigenvalue weighted by Crippen LogP contribution is -2.43. The molecule has 4 rings (SSSR count). The number of ether oxygens (including phenoxy) is 1. The molecule has 11 heteroatoms. The van der Waals surface area contributed by atoms with E-state index in [1.807, 2.05) is 6.92 Å². The van der Waals surface area contributed by atoms with Crippen LogP contribution >= 0.6 is 13.5 Å². The lowest BCUT2D eigenvalue weighted by molar-refractivity contribution is -0.137. The van der Waals surface area contributed by atoms with Gasteiger partial charge in [0.25, 0.3) is 5.91 Å². The summed E-state index contributed by atoms with van der Waals surface area (Å²) in [6.45, 7) is 3.14. The molecule has 2 aliphatic heterocycles. The number of amides is 2. The number of hydrogen-bond donors (Lipinski definition) is 1. The van der Waals surface area contributed by atoms with Gasteiger partial charge in [0.2, 0.25) is 5.91 Å². The van der Waals surface area contributed by atoms with Gasteiger partial charge in [-0.2, -0.15) is 31.8 Å². The fourth-order valence-corrected chi connectivity index (χ4v) is 3.80. The van der Waals surface area contributed by atoms with Gasteiger partial charge in [-0.1, -0.05) is 0 Å². The van der Waals surface area contributed by atoms with Gasteiger partial charge in [0, 0.05) is 31.4 Å². The normalized spacial score (nSPS) is 19.5. The van der Waals surface area contributed by atoms with E-state index in [1.165, 1.54) is 23.2 Å². The van der Waals surface area contributed by atoms with E-state index in [-0.39, 0.29) is 43.6 Å². The van der Waals surface area contributed by atoms with Gasteiger partial charge in [-0.05, 0) is 44.0 Å². The highest BCUT2D eigenvalue weighted by Gasteiger charge is 2.35. The van der Waals surface area contributed by atoms with Crippen LogP contribution in [-0.4, -0.2) is 41.4 Å². The number of fused-ring (bicyclic) bond motifs is 1. The number of alkyl halides is 3. The van der Waals surface area contributed by atoms with Crippen LogP contribution < -0.4 is 10.2 Å². The molecule has 3 heterocycles. The maximum absolute atomic E-state index is 13.2. The molecule has 168 valence electrons. The maximum Gasteiger partial charge on any atom is 0.416 e. The van der Waals surface area contributed by atoms with Crippen molar-refractivity contribution >= 4 is 36.7 Å². The second-order valence-electron chi connectivity index (χ2n) is 7.54. The topological polar surface area (TPSA) is 76.5 Å². The van der Waals surface area contributed by atoms with Crippen LogP contribution in [0.3, 0.4) is 0 Å². The number of halogens is 3. The summed E-state index contributed by atoms with van der Waals surface area (Å²) in [4.78, 5) is 27.2. The van der Waals surface area contributed by atoms with Crippen molar-refractivity contribution in [3.05, 3.63) is 41.7 Å². The Labute approximate surface area is 184 Å². The highest BCUT2D eigenvalue weighted by Crippen LogP contribution is 2.33. The lowest BCUT2D eigenvalue weighted by atomic mass is 9.99. The Balaban J connectivity index is 0.00000272. The molecule has 1 saturated heterocycles. The van der Waals surface area contributed by atoms with Gasteiger partial charge in [0.1, 0.15) is 0 Å². The predicted molar refractivity (Wildman–Crippen MR) is 113 cm³/mol. The number of nitrogens with zero attached hydrogens (tertiary/aromatic N) is 3. The smallest absolute Gasteiger partial charge is 0.381 e. The van der Waals surface area contributed by atoms with E-state index in [1.54, 1.807) is 4.68 Å². The zero-order valence-corrected chi connectivity index (χ0v) is 17.8. The Kier molecular flexibility index (Phi) is 6.65. The quantitative estimate of drug-likeness (QED) is 0.766. The average Bonchev–Trinajstić information content (AvgIpc) is 3.15. The van der Waals surface area contributed by atoms with Crippen molar-refractivity contribution in [3.63, 3.8) is 0 Å². The van der Waals surface area contributed by atoms with E-state index < -0.39 is 17.6 Å². The Morgan fingerprint density at radius 1 is 1.19 bits per heavy atom. The number of carbonyl (C=O) groups excluding carboxylic acids is 2. The van der Waals surface area contributed by atoms with E-state index in [0.29, 0.717) is 37.4 Å². The largest absolute Gasteiger partial charge is 0.416 e. The average molecular weight is 456 g/mol. The fraction of sp³-hybridized carbons (Fsp3) is 0.450. The van der Waals surface area contributed by atoms with Crippen molar-refractivity contribution in [3.8, 4) is 0 Å². The van der Waals surface area contributed by atoms with Crippen LogP contribution in [0.1, 0.15) is 41.9 Å². The van der Waals surface area contributed by atoms with Gasteiger partial charge < -0.3 is 15.0 Å². The fourth-order valence-electron chi connectivity index (χ4n) is 3.80. The predicted octanol–water partition coefficient (Wildman–Crippen LogP) is 3.60. The van der Waals surface area contributed by atoms with Crippen molar-refractivity contribution < 1.29 is 27.5 Å². The van der Waals surface area contributed by atoms with Crippen LogP contribution in [-0.2, 0) is 15.7 Å². The summed E-state index contributed by atoms with van der Waals surface area (Å²) in [5.74, 6) is -0.815. The number of aromatic nitrogens is 2. The third kappa shape index (κ3) is 4.57. The highest BCUT2D eigenvalue weighted by atomic mass is 32.1. The number of carbonyl (C=O) groups is 2. The van der Waals surface area contributed by atoms with Gasteiger partial charge in [0.05, 0.1) is 23.5 Å². The minimum atomic E-state index is -4.45. The van der Waals surface area contributed by atoms with Crippen molar-refractivity contribution in [2.24, 2.45) is 5.92 Å². The second kappa shape index (κ2) is 8.91. The lowest BCUT2D eigenvalue weighted by Gasteiger charge is -2.32. The molecule has 0 unspecified atom stereocenters. The molecule has 31 heavy (non-hydrogen) atoms. The van der Waals surface area contributed by atoms with Crippen molar-refractivity contribution in [2.45, 2.75) is 32.0 Å². The van der Waals surface area contributed by atoms with Crippen LogP contribution in [0, 0.1) is 5.92 Å². The highest BCUT2D eigenvalue weighted by molar-refractivity contribution is 7.59. The first-order valence-electron chi connectivity index (χ1n) is 9.71. The number of nitrogens with one attached hydrogen (secondary N) is 1. The van der Waals surface area contributed by atoms with E-state index in [2.05, 4.69) is 10.4 Å². The third-order valence-electron chi connectivity index (χ3n) is 5.46. The molecule has 0 aliphatic carbocycles. The Morgan fingerprint density at radius 3 is 2.45 bits per heavy atom. The van der Waals surface area contributed by atoms with Gasteiger partial charge in [-0.25, -0.2) is 0 Å². The summed E-state index contributed by atoms with van der Waals surface area (Å²) in [7, 11) is 0. The standard InChI is InChI=1S/C20H21F3N4O3.H2S/c1-12-11-26(15-4-2-14(3-5-15)20(21,22)23)19(29)17-16(10-24-27(12)17)25-18(28)13-6-8-30-9-7-13;/h2-5,10,12-13H,6-9,11H2,1H3,(H,25,28);1H2/t12-;/m0./s1. The SMILES string of the molecule is C[C@H]1CN(c2ccc(C(F)(F)F)cc2)C(=O)c2c(NC(=O)C3CCOCC3)cnn21.S. The Hall–Kier alpha value is -2.53. The van der Waals surface area contributed by atoms with Gasteiger partial charge >= 0.3 is 6.18 Å². The molecule has 1 aromatic heterocycles. The van der Waals surface area contributed by atoms with E-state index in [9.17, 15) is 22.8 Å². The van der Waals surface area contributed by atoms with Crippen molar-refractivity contribution in [1.82, 2.24) is 9.78 Å². The number of hydrogen-bond acceptors (Lipinski definition) is 4. The minimum absolute atomic E-state index is 0. The molecule has 0 spiro atoms. The second-order valence-corrected chi connectivity index (χ2v) is 7.54. The molecule has 2 aliphatic rings. The summed E-state index contributed by atoms with van der Waals surface area (Å²) in [6, 6.07) is 4.24. The minimum Gasteiger partial charge on any atom is -0.381 e. The van der Waals surface area contributed by atoms with Gasteiger partial charge in [-0.3, -0.25) is 14.3 Å². The summed E-state index contributed by atoms with van der Waals surface area (Å²) < 4.78 is 45.3. The summed E-state index contributed by atoms with van der Waals surface area (Å²) in [5, 5.41) is 7.04. The van der Waals surface area contributed by atoms with Crippen molar-refractivity contribution in [1.29, 1.82) is 0 Å². The zero-order valence-electron chi connectivity index (χ0n) is 16.8. The molecule has 1 atom stereocenters. The molecule has 0 radical (unpaired) electrons.